The largest absolute Gasteiger partial charge is 0.493 e. The average Bonchev–Trinajstić information content (AvgIpc) is 2.61. The monoisotopic (exact) mass is 383 g/mol. The van der Waals surface area contributed by atoms with Gasteiger partial charge in [-0.2, -0.15) is 0 Å². The maximum atomic E-state index is 12.4. The molecule has 0 aromatic heterocycles. The van der Waals surface area contributed by atoms with E-state index in [1.54, 1.807) is 24.3 Å². The molecular weight excluding hydrogens is 365 g/mol. The summed E-state index contributed by atoms with van der Waals surface area (Å²) in [6.07, 6.45) is 0.589. The predicted octanol–water partition coefficient (Wildman–Crippen LogP) is 3.99. The molecule has 2 aromatic carbocycles. The van der Waals surface area contributed by atoms with E-state index in [9.17, 15) is 4.79 Å². The number of carbonyl (C=O) groups excluding carboxylic acids is 1. The van der Waals surface area contributed by atoms with Gasteiger partial charge in [-0.1, -0.05) is 29.3 Å². The quantitative estimate of drug-likeness (QED) is 0.784. The second kappa shape index (κ2) is 8.83. The Hall–Kier alpha value is -2.11. The van der Waals surface area contributed by atoms with Crippen LogP contribution in [0.15, 0.2) is 30.3 Å². The van der Waals surface area contributed by atoms with E-state index in [2.05, 4.69) is 5.32 Å². The Morgan fingerprint density at radius 2 is 1.64 bits per heavy atom. The van der Waals surface area contributed by atoms with Crippen LogP contribution in [0, 0.1) is 0 Å². The zero-order valence-electron chi connectivity index (χ0n) is 14.2. The van der Waals surface area contributed by atoms with Gasteiger partial charge in [0, 0.05) is 22.2 Å². The summed E-state index contributed by atoms with van der Waals surface area (Å²) < 4.78 is 15.8. The number of hydrogen-bond donors (Lipinski definition) is 1. The minimum absolute atomic E-state index is 0.246. The Labute approximate surface area is 156 Å². The molecule has 0 atom stereocenters. The van der Waals surface area contributed by atoms with Crippen LogP contribution in [0.4, 0.5) is 0 Å². The molecule has 0 aliphatic rings. The first-order valence-electron chi connectivity index (χ1n) is 7.52. The van der Waals surface area contributed by atoms with E-state index >= 15 is 0 Å². The van der Waals surface area contributed by atoms with Crippen molar-refractivity contribution in [2.75, 3.05) is 27.9 Å². The van der Waals surface area contributed by atoms with Crippen LogP contribution in [0.1, 0.15) is 15.9 Å². The van der Waals surface area contributed by atoms with Gasteiger partial charge in [-0.05, 0) is 36.2 Å². The lowest BCUT2D eigenvalue weighted by Crippen LogP contribution is -2.25. The third-order valence-corrected chi connectivity index (χ3v) is 4.21. The van der Waals surface area contributed by atoms with Crippen molar-refractivity contribution in [2.24, 2.45) is 0 Å². The maximum absolute atomic E-state index is 12.4. The summed E-state index contributed by atoms with van der Waals surface area (Å²) in [4.78, 5) is 12.4. The Morgan fingerprint density at radius 3 is 2.16 bits per heavy atom. The van der Waals surface area contributed by atoms with Crippen molar-refractivity contribution < 1.29 is 19.0 Å². The van der Waals surface area contributed by atoms with Gasteiger partial charge in [-0.15, -0.1) is 0 Å². The first-order chi connectivity index (χ1) is 12.0. The molecular formula is C18H19Cl2NO4. The fourth-order valence-corrected chi connectivity index (χ4v) is 2.85. The van der Waals surface area contributed by atoms with Gasteiger partial charge in [0.2, 0.25) is 5.75 Å². The summed E-state index contributed by atoms with van der Waals surface area (Å²) in [7, 11) is 4.51. The molecule has 5 nitrogen and oxygen atoms in total. The molecule has 0 heterocycles. The summed E-state index contributed by atoms with van der Waals surface area (Å²) in [6.45, 7) is 0.427. The molecule has 0 spiro atoms. The number of halogens is 2. The molecule has 1 N–H and O–H groups in total. The lowest BCUT2D eigenvalue weighted by Gasteiger charge is -2.14. The van der Waals surface area contributed by atoms with Gasteiger partial charge in [0.25, 0.3) is 5.91 Å². The maximum Gasteiger partial charge on any atom is 0.251 e. The third-order valence-electron chi connectivity index (χ3n) is 3.62. The van der Waals surface area contributed by atoms with Crippen LogP contribution in [-0.2, 0) is 6.42 Å². The predicted molar refractivity (Wildman–Crippen MR) is 98.6 cm³/mol. The highest BCUT2D eigenvalue weighted by atomic mass is 35.5. The van der Waals surface area contributed by atoms with E-state index in [0.717, 1.165) is 5.56 Å². The summed E-state index contributed by atoms with van der Waals surface area (Å²) in [5.74, 6) is 1.04. The van der Waals surface area contributed by atoms with Gasteiger partial charge in [-0.3, -0.25) is 4.79 Å². The standard InChI is InChI=1S/C18H19Cl2NO4/c1-23-15-8-12(9-16(24-2)17(15)25-3)18(22)21-7-6-11-4-5-13(19)10-14(11)20/h4-5,8-10H,6-7H2,1-3H3,(H,21,22). The first kappa shape index (κ1) is 19.2. The van der Waals surface area contributed by atoms with Gasteiger partial charge in [0.05, 0.1) is 21.3 Å². The Bertz CT molecular complexity index is 740. The fraction of sp³-hybridized carbons (Fsp3) is 0.278. The smallest absolute Gasteiger partial charge is 0.251 e. The van der Waals surface area contributed by atoms with Crippen molar-refractivity contribution in [3.63, 3.8) is 0 Å². The van der Waals surface area contributed by atoms with Gasteiger partial charge in [-0.25, -0.2) is 0 Å². The van der Waals surface area contributed by atoms with E-state index in [0.29, 0.717) is 45.8 Å². The van der Waals surface area contributed by atoms with E-state index < -0.39 is 0 Å². The lowest BCUT2D eigenvalue weighted by atomic mass is 10.1. The van der Waals surface area contributed by atoms with Crippen molar-refractivity contribution in [2.45, 2.75) is 6.42 Å². The van der Waals surface area contributed by atoms with E-state index in [1.807, 2.05) is 6.07 Å². The van der Waals surface area contributed by atoms with Crippen LogP contribution in [-0.4, -0.2) is 33.8 Å². The average molecular weight is 384 g/mol. The second-order valence-corrected chi connectivity index (χ2v) is 6.00. The zero-order chi connectivity index (χ0) is 18.4. The highest BCUT2D eigenvalue weighted by Gasteiger charge is 2.16. The van der Waals surface area contributed by atoms with Crippen molar-refractivity contribution in [1.29, 1.82) is 0 Å². The molecule has 0 saturated carbocycles. The van der Waals surface area contributed by atoms with E-state index in [4.69, 9.17) is 37.4 Å². The second-order valence-electron chi connectivity index (χ2n) is 5.16. The minimum atomic E-state index is -0.246. The molecule has 0 fully saturated rings. The first-order valence-corrected chi connectivity index (χ1v) is 8.27. The van der Waals surface area contributed by atoms with Crippen LogP contribution in [0.5, 0.6) is 17.2 Å². The zero-order valence-corrected chi connectivity index (χ0v) is 15.7. The SMILES string of the molecule is COc1cc(C(=O)NCCc2ccc(Cl)cc2Cl)cc(OC)c1OC. The molecule has 7 heteroatoms. The molecule has 0 radical (unpaired) electrons. The number of hydrogen-bond acceptors (Lipinski definition) is 4. The fourth-order valence-electron chi connectivity index (χ4n) is 2.35. The number of amides is 1. The molecule has 2 aromatic rings. The number of rotatable bonds is 7. The van der Waals surface area contributed by atoms with Gasteiger partial charge in [0.1, 0.15) is 0 Å². The van der Waals surface area contributed by atoms with Crippen LogP contribution in [0.2, 0.25) is 10.0 Å². The number of ether oxygens (including phenoxy) is 3. The van der Waals surface area contributed by atoms with Crippen LogP contribution < -0.4 is 19.5 Å². The summed E-state index contributed by atoms with van der Waals surface area (Å²) in [5, 5.41) is 4.00. The summed E-state index contributed by atoms with van der Waals surface area (Å²) in [5.41, 5.74) is 1.33. The molecule has 0 aliphatic heterocycles. The molecule has 1 amide bonds. The normalized spacial score (nSPS) is 10.3. The molecule has 0 aliphatic carbocycles. The molecule has 134 valence electrons. The lowest BCUT2D eigenvalue weighted by molar-refractivity contribution is 0.0953. The molecule has 0 saturated heterocycles. The topological polar surface area (TPSA) is 56.8 Å². The van der Waals surface area contributed by atoms with E-state index in [1.165, 1.54) is 21.3 Å². The van der Waals surface area contributed by atoms with Crippen LogP contribution in [0.3, 0.4) is 0 Å². The van der Waals surface area contributed by atoms with Crippen molar-refractivity contribution in [3.8, 4) is 17.2 Å². The Balaban J connectivity index is 2.07. The summed E-state index contributed by atoms with van der Waals surface area (Å²) in [6, 6.07) is 8.50. The number of benzene rings is 2. The van der Waals surface area contributed by atoms with Gasteiger partial charge >= 0.3 is 0 Å². The van der Waals surface area contributed by atoms with Gasteiger partial charge in [0.15, 0.2) is 11.5 Å². The molecule has 2 rings (SSSR count). The number of carbonyl (C=O) groups is 1. The van der Waals surface area contributed by atoms with Crippen LogP contribution in [0.25, 0.3) is 0 Å². The number of nitrogens with one attached hydrogen (secondary N) is 1. The highest BCUT2D eigenvalue weighted by Crippen LogP contribution is 2.38. The molecule has 25 heavy (non-hydrogen) atoms. The van der Waals surface area contributed by atoms with Crippen molar-refractivity contribution in [1.82, 2.24) is 5.32 Å². The number of methoxy groups -OCH3 is 3. The molecule has 0 unspecified atom stereocenters. The summed E-state index contributed by atoms with van der Waals surface area (Å²) >= 11 is 12.0. The Kier molecular flexibility index (Phi) is 6.79. The molecule has 0 bridgehead atoms. The third kappa shape index (κ3) is 4.71. The minimum Gasteiger partial charge on any atom is -0.493 e. The van der Waals surface area contributed by atoms with Gasteiger partial charge < -0.3 is 19.5 Å². The Morgan fingerprint density at radius 1 is 1.00 bits per heavy atom. The van der Waals surface area contributed by atoms with Crippen molar-refractivity contribution in [3.05, 3.63) is 51.5 Å². The van der Waals surface area contributed by atoms with E-state index in [-0.39, 0.29) is 5.91 Å². The highest BCUT2D eigenvalue weighted by molar-refractivity contribution is 6.35. The van der Waals surface area contributed by atoms with Crippen LogP contribution >= 0.6 is 23.2 Å². The van der Waals surface area contributed by atoms with Crippen molar-refractivity contribution >= 4 is 29.1 Å².